The number of likely N-dealkylation sites (tertiary alicyclic amines) is 1. The molecule has 2 saturated heterocycles. The van der Waals surface area contributed by atoms with E-state index in [0.717, 1.165) is 102 Å². The van der Waals surface area contributed by atoms with E-state index >= 15 is 0 Å². The van der Waals surface area contributed by atoms with Crippen molar-refractivity contribution in [1.29, 1.82) is 0 Å². The minimum absolute atomic E-state index is 0. The van der Waals surface area contributed by atoms with Crippen molar-refractivity contribution >= 4 is 71.9 Å². The molecule has 0 bridgehead atoms. The first kappa shape index (κ1) is 39.2. The van der Waals surface area contributed by atoms with Crippen LogP contribution in [0.2, 0.25) is 0 Å². The van der Waals surface area contributed by atoms with Gasteiger partial charge in [0.1, 0.15) is 23.7 Å². The molecule has 0 spiro atoms. The summed E-state index contributed by atoms with van der Waals surface area (Å²) in [5.41, 5.74) is 2.81. The monoisotopic (exact) mass is 790 g/mol. The third-order valence-electron chi connectivity index (χ3n) is 9.25. The molecule has 0 unspecified atom stereocenters. The van der Waals surface area contributed by atoms with E-state index in [1.807, 2.05) is 36.4 Å². The Kier molecular flexibility index (Phi) is 14.4. The lowest BCUT2D eigenvalue weighted by molar-refractivity contribution is 0.101. The molecule has 2 fully saturated rings. The van der Waals surface area contributed by atoms with Gasteiger partial charge in [0, 0.05) is 41.6 Å². The number of fused-ring (bicyclic) bond motifs is 6. The third kappa shape index (κ3) is 9.69. The van der Waals surface area contributed by atoms with Crippen LogP contribution < -0.4 is 25.9 Å². The van der Waals surface area contributed by atoms with Crippen LogP contribution in [-0.4, -0.2) is 75.1 Å². The van der Waals surface area contributed by atoms with Gasteiger partial charge in [0.2, 0.25) is 0 Å². The van der Waals surface area contributed by atoms with Gasteiger partial charge in [0.25, 0.3) is 11.1 Å². The molecule has 8 rings (SSSR count). The third-order valence-corrected chi connectivity index (χ3v) is 10.0. The molecule has 0 saturated carbocycles. The Morgan fingerprint density at radius 1 is 0.712 bits per heavy atom. The molecule has 3 N–H and O–H groups in total. The zero-order chi connectivity index (χ0) is 35.6. The Labute approximate surface area is 318 Å². The predicted octanol–water partition coefficient (Wildman–Crippen LogP) is 7.75. The summed E-state index contributed by atoms with van der Waals surface area (Å²) in [7, 11) is 0. The first-order chi connectivity index (χ1) is 25.0. The maximum Gasteiger partial charge on any atom is 0.257 e. The lowest BCUT2D eigenvalue weighted by Gasteiger charge is -2.31. The van der Waals surface area contributed by atoms with E-state index in [2.05, 4.69) is 59.9 Å². The first-order valence-electron chi connectivity index (χ1n) is 18.1. The number of halogens is 2. The second-order valence-electron chi connectivity index (χ2n) is 13.0. The molecule has 6 heterocycles. The van der Waals surface area contributed by atoms with Gasteiger partial charge < -0.3 is 29.7 Å². The number of aromatic amines is 2. The molecule has 10 nitrogen and oxygen atoms in total. The second kappa shape index (κ2) is 19.2. The number of rotatable bonds is 7. The van der Waals surface area contributed by atoms with E-state index in [0.29, 0.717) is 10.8 Å². The average molecular weight is 792 g/mol. The zero-order valence-corrected chi connectivity index (χ0v) is 32.2. The molecule has 0 amide bonds. The van der Waals surface area contributed by atoms with E-state index in [1.54, 1.807) is 36.7 Å². The highest BCUT2D eigenvalue weighted by Crippen LogP contribution is 2.27. The Bertz CT molecular complexity index is 2180. The fraction of sp³-hybridized carbons (Fsp3) is 0.400. The normalized spacial score (nSPS) is 15.4. The van der Waals surface area contributed by atoms with Crippen LogP contribution in [0.4, 0.5) is 0 Å². The number of benzene rings is 2. The van der Waals surface area contributed by atoms with Gasteiger partial charge in [-0.05, 0) is 119 Å². The van der Waals surface area contributed by atoms with Crippen LogP contribution in [0, 0.1) is 0 Å². The van der Waals surface area contributed by atoms with Crippen LogP contribution in [0.5, 0.6) is 11.5 Å². The van der Waals surface area contributed by atoms with E-state index in [-0.39, 0.29) is 35.7 Å². The van der Waals surface area contributed by atoms with Crippen LogP contribution >= 0.6 is 28.3 Å². The van der Waals surface area contributed by atoms with Gasteiger partial charge in [0.15, 0.2) is 0 Å². The van der Waals surface area contributed by atoms with E-state index < -0.39 is 0 Å². The topological polar surface area (TPSA) is 125 Å². The Morgan fingerprint density at radius 3 is 1.65 bits per heavy atom. The Hall–Kier alpha value is -4.03. The molecule has 12 heteroatoms. The standard InChI is InChI=1S/C20H23N3O2.C17H17N3O2.C3H7Br.ClH/c1-2-10-23-11-7-14(8-12-23)25-15-5-6-18-17(13-15)19-16(20(24)22-18)4-3-9-21-19;21-17-13-2-1-7-19-16(13)14-10-12(3-4-15(14)20-17)22-11-5-8-18-9-6-11;1-2-3-4;/h3-6,9,13-14H,2,7-8,10-12H2,1H3,(H,22,24);1-4,7,10-11,18H,5-6,8-9H2,(H,20,21);2-3H2,1H3;1H. The smallest absolute Gasteiger partial charge is 0.257 e. The highest BCUT2D eigenvalue weighted by Gasteiger charge is 2.20. The number of aromatic nitrogens is 4. The summed E-state index contributed by atoms with van der Waals surface area (Å²) in [5, 5.41) is 7.52. The van der Waals surface area contributed by atoms with Crippen molar-refractivity contribution in [2.75, 3.05) is 38.1 Å². The number of hydrogen-bond donors (Lipinski definition) is 3. The molecule has 2 aliphatic rings. The number of pyridine rings is 4. The van der Waals surface area contributed by atoms with E-state index in [1.165, 1.54) is 19.4 Å². The number of nitrogens with one attached hydrogen (secondary N) is 3. The summed E-state index contributed by atoms with van der Waals surface area (Å²) < 4.78 is 12.3. The van der Waals surface area contributed by atoms with Crippen LogP contribution in [0.25, 0.3) is 43.6 Å². The molecular weight excluding hydrogens is 744 g/mol. The minimum atomic E-state index is -0.109. The maximum absolute atomic E-state index is 12.1. The van der Waals surface area contributed by atoms with Gasteiger partial charge in [-0.15, -0.1) is 12.4 Å². The van der Waals surface area contributed by atoms with Gasteiger partial charge in [-0.3, -0.25) is 19.6 Å². The van der Waals surface area contributed by atoms with E-state index in [4.69, 9.17) is 9.47 Å². The summed E-state index contributed by atoms with van der Waals surface area (Å²) in [4.78, 5) is 41.3. The number of ether oxygens (including phenoxy) is 2. The van der Waals surface area contributed by atoms with Crippen molar-refractivity contribution in [1.82, 2.24) is 30.2 Å². The molecule has 0 aliphatic carbocycles. The fourth-order valence-electron chi connectivity index (χ4n) is 6.65. The molecule has 2 aliphatic heterocycles. The van der Waals surface area contributed by atoms with Crippen molar-refractivity contribution in [2.45, 2.75) is 64.6 Å². The lowest BCUT2D eigenvalue weighted by atomic mass is 10.1. The van der Waals surface area contributed by atoms with Gasteiger partial charge in [-0.25, -0.2) is 0 Å². The van der Waals surface area contributed by atoms with Gasteiger partial charge >= 0.3 is 0 Å². The number of hydrogen-bond acceptors (Lipinski definition) is 8. The number of piperidine rings is 2. The van der Waals surface area contributed by atoms with Gasteiger partial charge in [0.05, 0.1) is 32.8 Å². The molecule has 4 aromatic heterocycles. The SMILES string of the molecule is CCCBr.CCCN1CCC(Oc2ccc3[nH]c(=O)c4cccnc4c3c2)CC1.Cl.O=c1[nH]c2ccc(OC3CCNCC3)cc2c2ncccc12. The summed E-state index contributed by atoms with van der Waals surface area (Å²) in [6.45, 7) is 9.72. The molecule has 52 heavy (non-hydrogen) atoms. The summed E-state index contributed by atoms with van der Waals surface area (Å²) in [6.07, 6.45) is 10.5. The van der Waals surface area contributed by atoms with E-state index in [9.17, 15) is 9.59 Å². The van der Waals surface area contributed by atoms with Crippen molar-refractivity contribution in [2.24, 2.45) is 0 Å². The highest BCUT2D eigenvalue weighted by atomic mass is 79.9. The van der Waals surface area contributed by atoms with Crippen molar-refractivity contribution in [3.05, 3.63) is 93.8 Å². The van der Waals surface area contributed by atoms with Crippen LogP contribution in [0.3, 0.4) is 0 Å². The highest BCUT2D eigenvalue weighted by molar-refractivity contribution is 9.09. The van der Waals surface area contributed by atoms with Gasteiger partial charge in [-0.1, -0.05) is 29.8 Å². The maximum atomic E-state index is 12.1. The minimum Gasteiger partial charge on any atom is -0.490 e. The summed E-state index contributed by atoms with van der Waals surface area (Å²) >= 11 is 3.25. The summed E-state index contributed by atoms with van der Waals surface area (Å²) in [5.74, 6) is 1.68. The molecular formula is C40H48BrClN6O4. The molecule has 2 aromatic carbocycles. The first-order valence-corrected chi connectivity index (χ1v) is 19.2. The number of alkyl halides is 1. The molecule has 0 radical (unpaired) electrons. The Balaban J connectivity index is 0.000000180. The predicted molar refractivity (Wildman–Crippen MR) is 218 cm³/mol. The van der Waals surface area contributed by atoms with Crippen LogP contribution in [0.1, 0.15) is 52.4 Å². The van der Waals surface area contributed by atoms with Crippen LogP contribution in [0.15, 0.2) is 82.6 Å². The zero-order valence-electron chi connectivity index (χ0n) is 29.8. The Morgan fingerprint density at radius 2 is 1.19 bits per heavy atom. The lowest BCUT2D eigenvalue weighted by Crippen LogP contribution is -2.38. The fourth-order valence-corrected chi connectivity index (χ4v) is 6.65. The second-order valence-corrected chi connectivity index (χ2v) is 13.8. The van der Waals surface area contributed by atoms with Crippen LogP contribution in [-0.2, 0) is 0 Å². The quantitative estimate of drug-likeness (QED) is 0.111. The van der Waals surface area contributed by atoms with Crippen molar-refractivity contribution < 1.29 is 9.47 Å². The molecule has 276 valence electrons. The summed E-state index contributed by atoms with van der Waals surface area (Å²) in [6, 6.07) is 18.8. The largest absolute Gasteiger partial charge is 0.490 e. The average Bonchev–Trinajstić information content (AvgIpc) is 3.17. The number of H-pyrrole nitrogens is 2. The van der Waals surface area contributed by atoms with Crippen molar-refractivity contribution in [3.8, 4) is 11.5 Å². The molecule has 0 atom stereocenters. The van der Waals surface area contributed by atoms with Gasteiger partial charge in [-0.2, -0.15) is 0 Å². The molecule has 6 aromatic rings. The number of nitrogens with zero attached hydrogens (tertiary/aromatic N) is 3. The van der Waals surface area contributed by atoms with Crippen molar-refractivity contribution in [3.63, 3.8) is 0 Å².